The number of nitrogens with two attached hydrogens (primary N) is 1. The minimum atomic E-state index is 0.200. The lowest BCUT2D eigenvalue weighted by molar-refractivity contribution is 0.140. The van der Waals surface area contributed by atoms with Gasteiger partial charge in [0.2, 0.25) is 0 Å². The zero-order valence-corrected chi connectivity index (χ0v) is 10.6. The summed E-state index contributed by atoms with van der Waals surface area (Å²) in [7, 11) is 0. The molecule has 1 rings (SSSR count). The van der Waals surface area contributed by atoms with Gasteiger partial charge in [0, 0.05) is 19.3 Å². The molecule has 1 aromatic rings. The summed E-state index contributed by atoms with van der Waals surface area (Å²) in [6.07, 6.45) is 1.88. The van der Waals surface area contributed by atoms with Crippen molar-refractivity contribution < 1.29 is 4.74 Å². The lowest BCUT2D eigenvalue weighted by atomic mass is 9.96. The largest absolute Gasteiger partial charge is 0.382 e. The maximum Gasteiger partial charge on any atom is 0.0480 e. The third kappa shape index (κ3) is 3.95. The highest BCUT2D eigenvalue weighted by molar-refractivity contribution is 5.34. The van der Waals surface area contributed by atoms with Crippen molar-refractivity contribution in [2.45, 2.75) is 39.7 Å². The molecule has 0 bridgehead atoms. The fraction of sp³-hybridized carbons (Fsp3) is 0.571. The third-order valence-electron chi connectivity index (χ3n) is 2.95. The number of rotatable bonds is 6. The Kier molecular flexibility index (Phi) is 5.50. The van der Waals surface area contributed by atoms with Crippen LogP contribution in [0.3, 0.4) is 0 Å². The predicted octanol–water partition coefficient (Wildman–Crippen LogP) is 2.60. The van der Waals surface area contributed by atoms with Gasteiger partial charge in [-0.2, -0.15) is 0 Å². The average Bonchev–Trinajstić information content (AvgIpc) is 2.24. The second-order valence-corrected chi connectivity index (χ2v) is 4.32. The number of hydrogen-bond donors (Lipinski definition) is 1. The molecule has 2 heteroatoms. The highest BCUT2D eigenvalue weighted by atomic mass is 16.5. The minimum Gasteiger partial charge on any atom is -0.382 e. The first-order valence-electron chi connectivity index (χ1n) is 6.03. The first-order chi connectivity index (χ1) is 7.65. The Labute approximate surface area is 98.8 Å². The molecule has 1 unspecified atom stereocenters. The molecule has 0 fully saturated rings. The quantitative estimate of drug-likeness (QED) is 0.749. The van der Waals surface area contributed by atoms with Crippen LogP contribution >= 0.6 is 0 Å². The van der Waals surface area contributed by atoms with Crippen LogP contribution in [0.5, 0.6) is 0 Å². The van der Waals surface area contributed by atoms with Crippen molar-refractivity contribution in [1.29, 1.82) is 0 Å². The SMILES string of the molecule is CCOCCC(N)Cc1c(C)cccc1C. The van der Waals surface area contributed by atoms with Crippen LogP contribution in [0.4, 0.5) is 0 Å². The van der Waals surface area contributed by atoms with E-state index in [1.54, 1.807) is 0 Å². The van der Waals surface area contributed by atoms with Gasteiger partial charge in [0.15, 0.2) is 0 Å². The third-order valence-corrected chi connectivity index (χ3v) is 2.95. The van der Waals surface area contributed by atoms with Gasteiger partial charge in [0.25, 0.3) is 0 Å². The molecule has 0 saturated carbocycles. The standard InChI is InChI=1S/C14H23NO/c1-4-16-9-8-13(15)10-14-11(2)6-5-7-12(14)3/h5-7,13H,4,8-10,15H2,1-3H3. The Morgan fingerprint density at radius 3 is 2.44 bits per heavy atom. The predicted molar refractivity (Wildman–Crippen MR) is 68.7 cm³/mol. The number of aryl methyl sites for hydroxylation is 2. The number of ether oxygens (including phenoxy) is 1. The summed E-state index contributed by atoms with van der Waals surface area (Å²) in [5.74, 6) is 0. The lowest BCUT2D eigenvalue weighted by Crippen LogP contribution is -2.25. The van der Waals surface area contributed by atoms with Crippen molar-refractivity contribution in [2.24, 2.45) is 5.73 Å². The molecule has 2 N–H and O–H groups in total. The van der Waals surface area contributed by atoms with Crippen molar-refractivity contribution in [3.8, 4) is 0 Å². The van der Waals surface area contributed by atoms with Gasteiger partial charge in [-0.3, -0.25) is 0 Å². The molecule has 0 spiro atoms. The molecular weight excluding hydrogens is 198 g/mol. The second-order valence-electron chi connectivity index (χ2n) is 4.32. The Bertz CT molecular complexity index is 302. The summed E-state index contributed by atoms with van der Waals surface area (Å²) in [4.78, 5) is 0. The van der Waals surface area contributed by atoms with Crippen LogP contribution in [0.1, 0.15) is 30.0 Å². The van der Waals surface area contributed by atoms with Crippen LogP contribution in [-0.4, -0.2) is 19.3 Å². The summed E-state index contributed by atoms with van der Waals surface area (Å²) in [5, 5.41) is 0. The van der Waals surface area contributed by atoms with Crippen LogP contribution in [0.2, 0.25) is 0 Å². The first-order valence-corrected chi connectivity index (χ1v) is 6.03. The van der Waals surface area contributed by atoms with E-state index in [-0.39, 0.29) is 6.04 Å². The molecule has 90 valence electrons. The van der Waals surface area contributed by atoms with Crippen LogP contribution in [0.15, 0.2) is 18.2 Å². The normalized spacial score (nSPS) is 12.8. The molecule has 0 aromatic heterocycles. The van der Waals surface area contributed by atoms with E-state index >= 15 is 0 Å². The zero-order valence-electron chi connectivity index (χ0n) is 10.6. The Hall–Kier alpha value is -0.860. The van der Waals surface area contributed by atoms with Crippen LogP contribution in [0.25, 0.3) is 0 Å². The summed E-state index contributed by atoms with van der Waals surface area (Å²) >= 11 is 0. The Morgan fingerprint density at radius 1 is 1.25 bits per heavy atom. The molecule has 0 saturated heterocycles. The first kappa shape index (κ1) is 13.2. The molecule has 0 aliphatic rings. The summed E-state index contributed by atoms with van der Waals surface area (Å²) in [6, 6.07) is 6.60. The van der Waals surface area contributed by atoms with E-state index < -0.39 is 0 Å². The van der Waals surface area contributed by atoms with E-state index in [1.165, 1.54) is 16.7 Å². The van der Waals surface area contributed by atoms with E-state index in [9.17, 15) is 0 Å². The van der Waals surface area contributed by atoms with E-state index in [2.05, 4.69) is 32.0 Å². The monoisotopic (exact) mass is 221 g/mol. The molecule has 1 atom stereocenters. The van der Waals surface area contributed by atoms with Crippen molar-refractivity contribution in [1.82, 2.24) is 0 Å². The van der Waals surface area contributed by atoms with Crippen molar-refractivity contribution in [3.05, 3.63) is 34.9 Å². The van der Waals surface area contributed by atoms with Gasteiger partial charge in [-0.15, -0.1) is 0 Å². The fourth-order valence-corrected chi connectivity index (χ4v) is 1.91. The van der Waals surface area contributed by atoms with Crippen molar-refractivity contribution in [3.63, 3.8) is 0 Å². The second kappa shape index (κ2) is 6.66. The van der Waals surface area contributed by atoms with Crippen molar-refractivity contribution in [2.75, 3.05) is 13.2 Å². The number of benzene rings is 1. The summed E-state index contributed by atoms with van der Waals surface area (Å²) in [6.45, 7) is 7.85. The highest BCUT2D eigenvalue weighted by Gasteiger charge is 2.08. The fourth-order valence-electron chi connectivity index (χ4n) is 1.91. The molecule has 1 aromatic carbocycles. The molecule has 0 aliphatic heterocycles. The minimum absolute atomic E-state index is 0.200. The van der Waals surface area contributed by atoms with E-state index in [0.29, 0.717) is 0 Å². The van der Waals surface area contributed by atoms with Gasteiger partial charge >= 0.3 is 0 Å². The molecule has 0 aliphatic carbocycles. The molecule has 0 radical (unpaired) electrons. The highest BCUT2D eigenvalue weighted by Crippen LogP contribution is 2.15. The van der Waals surface area contributed by atoms with Crippen LogP contribution in [0, 0.1) is 13.8 Å². The molecule has 0 amide bonds. The van der Waals surface area contributed by atoms with Gasteiger partial charge in [0.05, 0.1) is 0 Å². The molecule has 0 heterocycles. The van der Waals surface area contributed by atoms with Gasteiger partial charge < -0.3 is 10.5 Å². The Morgan fingerprint density at radius 2 is 1.88 bits per heavy atom. The number of hydrogen-bond acceptors (Lipinski definition) is 2. The average molecular weight is 221 g/mol. The van der Waals surface area contributed by atoms with E-state index in [1.807, 2.05) is 6.92 Å². The van der Waals surface area contributed by atoms with Crippen LogP contribution < -0.4 is 5.73 Å². The lowest BCUT2D eigenvalue weighted by Gasteiger charge is -2.15. The van der Waals surface area contributed by atoms with Crippen molar-refractivity contribution >= 4 is 0 Å². The zero-order chi connectivity index (χ0) is 12.0. The maximum atomic E-state index is 6.10. The topological polar surface area (TPSA) is 35.2 Å². The molecule has 16 heavy (non-hydrogen) atoms. The smallest absolute Gasteiger partial charge is 0.0480 e. The molecule has 2 nitrogen and oxygen atoms in total. The molecular formula is C14H23NO. The van der Waals surface area contributed by atoms with Crippen LogP contribution in [-0.2, 0) is 11.2 Å². The maximum absolute atomic E-state index is 6.10. The summed E-state index contributed by atoms with van der Waals surface area (Å²) < 4.78 is 5.32. The van der Waals surface area contributed by atoms with Gasteiger partial charge in [0.1, 0.15) is 0 Å². The summed E-state index contributed by atoms with van der Waals surface area (Å²) in [5.41, 5.74) is 10.2. The Balaban J connectivity index is 2.52. The van der Waals surface area contributed by atoms with Gasteiger partial charge in [-0.25, -0.2) is 0 Å². The van der Waals surface area contributed by atoms with E-state index in [4.69, 9.17) is 10.5 Å². The van der Waals surface area contributed by atoms with Gasteiger partial charge in [-0.1, -0.05) is 18.2 Å². The van der Waals surface area contributed by atoms with E-state index in [0.717, 1.165) is 26.1 Å². The van der Waals surface area contributed by atoms with Gasteiger partial charge in [-0.05, 0) is 50.3 Å².